The molecule has 3 heterocycles. The minimum absolute atomic E-state index is 0.00455. The lowest BCUT2D eigenvalue weighted by Gasteiger charge is -2.46. The number of esters is 1. The van der Waals surface area contributed by atoms with E-state index in [1.807, 2.05) is 0 Å². The summed E-state index contributed by atoms with van der Waals surface area (Å²) in [6.45, 7) is 6.87. The van der Waals surface area contributed by atoms with Crippen LogP contribution < -0.4 is 0 Å². The van der Waals surface area contributed by atoms with Gasteiger partial charge in [-0.3, -0.25) is 4.90 Å². The van der Waals surface area contributed by atoms with Crippen molar-refractivity contribution in [2.45, 2.75) is 43.8 Å². The largest absolute Gasteiger partial charge is 0.463 e. The van der Waals surface area contributed by atoms with Gasteiger partial charge in [0.2, 0.25) is 0 Å². The second-order valence-electron chi connectivity index (χ2n) is 6.54. The van der Waals surface area contributed by atoms with Gasteiger partial charge in [-0.15, -0.1) is 11.6 Å². The third-order valence-electron chi connectivity index (χ3n) is 5.66. The van der Waals surface area contributed by atoms with Gasteiger partial charge in [-0.1, -0.05) is 18.2 Å². The lowest BCUT2D eigenvalue weighted by atomic mass is 9.65. The molecule has 1 aromatic carbocycles. The molecule has 0 saturated carbocycles. The molecule has 0 aromatic heterocycles. The molecule has 2 saturated heterocycles. The highest BCUT2D eigenvalue weighted by Gasteiger charge is 2.94. The summed E-state index contributed by atoms with van der Waals surface area (Å²) in [5.74, 6) is 0.246. The molecule has 4 rings (SSSR count). The number of carbonyl (C=O) groups excluding carboxylic acids is 1. The highest BCUT2D eigenvalue weighted by Crippen LogP contribution is 2.82. The molecule has 4 atom stereocenters. The Bertz CT molecular complexity index is 645. The van der Waals surface area contributed by atoms with Crippen molar-refractivity contribution in [3.05, 3.63) is 34.9 Å². The Morgan fingerprint density at radius 3 is 2.90 bits per heavy atom. The van der Waals surface area contributed by atoms with Crippen molar-refractivity contribution in [2.24, 2.45) is 0 Å². The van der Waals surface area contributed by atoms with Crippen LogP contribution in [0.25, 0.3) is 0 Å². The van der Waals surface area contributed by atoms with Crippen molar-refractivity contribution in [3.63, 3.8) is 0 Å². The van der Waals surface area contributed by atoms with Crippen molar-refractivity contribution in [3.8, 4) is 0 Å². The first-order valence-corrected chi connectivity index (χ1v) is 7.62. The molecule has 0 N–H and O–H groups in total. The number of fused-ring (bicyclic) bond motifs is 4. The average molecular weight is 292 g/mol. The maximum Gasteiger partial charge on any atom is 0.329 e. The molecule has 0 bridgehead atoms. The van der Waals surface area contributed by atoms with Crippen LogP contribution in [0.2, 0.25) is 0 Å². The van der Waals surface area contributed by atoms with Gasteiger partial charge in [0.15, 0.2) is 0 Å². The smallest absolute Gasteiger partial charge is 0.329 e. The maximum absolute atomic E-state index is 12.5. The Hall–Kier alpha value is -1.06. The Morgan fingerprint density at radius 1 is 1.45 bits per heavy atom. The number of aryl methyl sites for hydroxylation is 1. The summed E-state index contributed by atoms with van der Waals surface area (Å²) in [5, 5.41) is 0. The molecule has 0 spiro atoms. The Balaban J connectivity index is 1.79. The summed E-state index contributed by atoms with van der Waals surface area (Å²) in [5.41, 5.74) is 3.40. The van der Waals surface area contributed by atoms with Crippen LogP contribution in [0.5, 0.6) is 0 Å². The normalized spacial score (nSPS) is 42.5. The van der Waals surface area contributed by atoms with Crippen LogP contribution in [0.1, 0.15) is 37.0 Å². The van der Waals surface area contributed by atoms with Crippen molar-refractivity contribution in [2.75, 3.05) is 12.5 Å². The quantitative estimate of drug-likeness (QED) is 0.487. The van der Waals surface area contributed by atoms with Crippen molar-refractivity contribution in [1.29, 1.82) is 0 Å². The van der Waals surface area contributed by atoms with Crippen LogP contribution in [0.4, 0.5) is 0 Å². The number of rotatable bonds is 3. The summed E-state index contributed by atoms with van der Waals surface area (Å²) in [6.07, 6.45) is 0.857. The number of carbonyl (C=O) groups is 1. The first-order valence-electron chi connectivity index (χ1n) is 7.09. The first kappa shape index (κ1) is 12.7. The molecular formula is C16H18ClNO2. The van der Waals surface area contributed by atoms with E-state index in [4.69, 9.17) is 16.3 Å². The topological polar surface area (TPSA) is 29.3 Å². The van der Waals surface area contributed by atoms with Gasteiger partial charge >= 0.3 is 5.97 Å². The lowest BCUT2D eigenvalue weighted by Crippen LogP contribution is -2.56. The Labute approximate surface area is 123 Å². The zero-order chi connectivity index (χ0) is 14.3. The number of hydrogen-bond acceptors (Lipinski definition) is 3. The highest BCUT2D eigenvalue weighted by molar-refractivity contribution is 6.18. The number of hydrogen-bond donors (Lipinski definition) is 0. The Morgan fingerprint density at radius 2 is 2.20 bits per heavy atom. The molecule has 2 unspecified atom stereocenters. The van der Waals surface area contributed by atoms with Crippen molar-refractivity contribution >= 4 is 17.6 Å². The van der Waals surface area contributed by atoms with Gasteiger partial charge in [0.1, 0.15) is 12.1 Å². The van der Waals surface area contributed by atoms with Crippen LogP contribution >= 0.6 is 11.6 Å². The van der Waals surface area contributed by atoms with E-state index in [0.29, 0.717) is 12.5 Å². The van der Waals surface area contributed by atoms with E-state index in [0.717, 1.165) is 6.42 Å². The predicted octanol–water partition coefficient (Wildman–Crippen LogP) is 2.68. The average Bonchev–Trinajstić information content (AvgIpc) is 2.82. The fourth-order valence-electron chi connectivity index (χ4n) is 5.13. The van der Waals surface area contributed by atoms with Gasteiger partial charge in [0.25, 0.3) is 0 Å². The fourth-order valence-corrected chi connectivity index (χ4v) is 5.20. The zero-order valence-electron chi connectivity index (χ0n) is 12.0. The molecule has 0 radical (unpaired) electrons. The molecule has 106 valence electrons. The van der Waals surface area contributed by atoms with Gasteiger partial charge in [-0.25, -0.2) is 4.79 Å². The fraction of sp³-hybridized carbons (Fsp3) is 0.562. The standard InChI is InChI=1S/C16H18ClNO2/c1-10-5-4-6-11-12(10)14(2)9-16(13(19)20-8-7-17)15(11,3)18(14)16/h4-6H,7-9H2,1-3H3/t14-,15-,16?,18?/m1/s1. The lowest BCUT2D eigenvalue weighted by molar-refractivity contribution is -0.155. The van der Waals surface area contributed by atoms with Crippen LogP contribution in [0.3, 0.4) is 0 Å². The maximum atomic E-state index is 12.5. The molecule has 3 aliphatic rings. The Kier molecular flexibility index (Phi) is 2.15. The van der Waals surface area contributed by atoms with Gasteiger partial charge in [-0.05, 0) is 37.5 Å². The zero-order valence-corrected chi connectivity index (χ0v) is 12.8. The van der Waals surface area contributed by atoms with Gasteiger partial charge in [-0.2, -0.15) is 0 Å². The molecule has 1 aromatic rings. The summed E-state index contributed by atoms with van der Waals surface area (Å²) in [6, 6.07) is 6.41. The van der Waals surface area contributed by atoms with Crippen molar-refractivity contribution < 1.29 is 9.53 Å². The molecule has 3 aliphatic heterocycles. The van der Waals surface area contributed by atoms with Crippen LogP contribution in [-0.4, -0.2) is 28.9 Å². The van der Waals surface area contributed by atoms with Crippen LogP contribution in [0, 0.1) is 6.92 Å². The third kappa shape index (κ3) is 0.990. The molecular weight excluding hydrogens is 274 g/mol. The van der Waals surface area contributed by atoms with E-state index in [1.165, 1.54) is 16.7 Å². The van der Waals surface area contributed by atoms with E-state index in [2.05, 4.69) is 43.9 Å². The van der Waals surface area contributed by atoms with Gasteiger partial charge in [0.05, 0.1) is 11.4 Å². The molecule has 4 heteroatoms. The third-order valence-corrected chi connectivity index (χ3v) is 5.82. The number of benzene rings is 1. The highest BCUT2D eigenvalue weighted by atomic mass is 35.5. The number of ether oxygens (including phenoxy) is 1. The van der Waals surface area contributed by atoms with E-state index in [-0.39, 0.29) is 17.0 Å². The molecule has 2 fully saturated rings. The van der Waals surface area contributed by atoms with Gasteiger partial charge < -0.3 is 4.74 Å². The first-order chi connectivity index (χ1) is 9.44. The van der Waals surface area contributed by atoms with Crippen LogP contribution in [0.15, 0.2) is 18.2 Å². The number of nitrogens with zero attached hydrogens (tertiary/aromatic N) is 1. The van der Waals surface area contributed by atoms with Crippen molar-refractivity contribution in [1.82, 2.24) is 4.90 Å². The summed E-state index contributed by atoms with van der Waals surface area (Å²) >= 11 is 5.62. The summed E-state index contributed by atoms with van der Waals surface area (Å²) < 4.78 is 5.34. The summed E-state index contributed by atoms with van der Waals surface area (Å²) in [7, 11) is 0. The van der Waals surface area contributed by atoms with E-state index >= 15 is 0 Å². The van der Waals surface area contributed by atoms with Gasteiger partial charge in [0, 0.05) is 12.0 Å². The summed E-state index contributed by atoms with van der Waals surface area (Å²) in [4.78, 5) is 14.8. The van der Waals surface area contributed by atoms with E-state index < -0.39 is 5.54 Å². The monoisotopic (exact) mass is 291 g/mol. The molecule has 3 nitrogen and oxygen atoms in total. The van der Waals surface area contributed by atoms with Crippen LogP contribution in [-0.2, 0) is 20.6 Å². The number of halogens is 1. The molecule has 0 amide bonds. The second-order valence-corrected chi connectivity index (χ2v) is 6.92. The van der Waals surface area contributed by atoms with E-state index in [9.17, 15) is 4.79 Å². The predicted molar refractivity (Wildman–Crippen MR) is 76.7 cm³/mol. The molecule has 20 heavy (non-hydrogen) atoms. The second kappa shape index (κ2) is 3.40. The minimum atomic E-state index is -0.436. The number of alkyl halides is 1. The van der Waals surface area contributed by atoms with E-state index in [1.54, 1.807) is 0 Å². The molecule has 0 aliphatic carbocycles. The SMILES string of the molecule is Cc1cccc2c1[C@@]1(C)CC3(C(=O)OCCCl)N1[C@]23C. The minimum Gasteiger partial charge on any atom is -0.463 e.